The standard InChI is InChI=1S/C18H36N2/c1-6-17(5)9-11-20(12-10-17)18(14-19)8-7-16(3,4)13-15(18)2/h15H,6-14,19H2,1-5H3. The molecule has 1 saturated carbocycles. The van der Waals surface area contributed by atoms with E-state index in [1.54, 1.807) is 0 Å². The summed E-state index contributed by atoms with van der Waals surface area (Å²) in [7, 11) is 0. The number of hydrogen-bond donors (Lipinski definition) is 1. The number of rotatable bonds is 3. The van der Waals surface area contributed by atoms with Crippen LogP contribution in [0.4, 0.5) is 0 Å². The molecule has 0 radical (unpaired) electrons. The van der Waals surface area contributed by atoms with E-state index >= 15 is 0 Å². The van der Waals surface area contributed by atoms with E-state index in [1.807, 2.05) is 0 Å². The molecule has 2 atom stereocenters. The van der Waals surface area contributed by atoms with Gasteiger partial charge < -0.3 is 5.73 Å². The summed E-state index contributed by atoms with van der Waals surface area (Å²) in [6.07, 6.45) is 7.96. The molecule has 1 aliphatic heterocycles. The maximum Gasteiger partial charge on any atom is 0.0357 e. The molecule has 2 N–H and O–H groups in total. The van der Waals surface area contributed by atoms with Crippen LogP contribution in [0.1, 0.15) is 73.1 Å². The average molecular weight is 280 g/mol. The van der Waals surface area contributed by atoms with Gasteiger partial charge in [-0.05, 0) is 61.9 Å². The minimum Gasteiger partial charge on any atom is -0.329 e. The second-order valence-electron chi connectivity index (χ2n) is 8.73. The van der Waals surface area contributed by atoms with Gasteiger partial charge in [-0.15, -0.1) is 0 Å². The second kappa shape index (κ2) is 5.61. The molecule has 2 fully saturated rings. The van der Waals surface area contributed by atoms with E-state index in [2.05, 4.69) is 39.5 Å². The van der Waals surface area contributed by atoms with Crippen molar-refractivity contribution in [1.29, 1.82) is 0 Å². The minimum absolute atomic E-state index is 0.282. The first-order chi connectivity index (χ1) is 9.27. The van der Waals surface area contributed by atoms with Crippen LogP contribution in [0.5, 0.6) is 0 Å². The van der Waals surface area contributed by atoms with E-state index in [-0.39, 0.29) is 5.54 Å². The number of nitrogens with zero attached hydrogens (tertiary/aromatic N) is 1. The SMILES string of the molecule is CCC1(C)CCN(C2(CN)CCC(C)(C)CC2C)CC1. The maximum absolute atomic E-state index is 6.31. The van der Waals surface area contributed by atoms with Gasteiger partial charge in [0, 0.05) is 12.1 Å². The Kier molecular flexibility index (Phi) is 4.57. The summed E-state index contributed by atoms with van der Waals surface area (Å²) < 4.78 is 0. The Bertz CT molecular complexity index is 328. The molecule has 1 heterocycles. The first-order valence-corrected chi connectivity index (χ1v) is 8.72. The lowest BCUT2D eigenvalue weighted by molar-refractivity contribution is -0.0508. The van der Waals surface area contributed by atoms with Crippen LogP contribution in [0.25, 0.3) is 0 Å². The van der Waals surface area contributed by atoms with Gasteiger partial charge in [-0.25, -0.2) is 0 Å². The molecule has 1 aliphatic carbocycles. The van der Waals surface area contributed by atoms with Crippen molar-refractivity contribution >= 4 is 0 Å². The van der Waals surface area contributed by atoms with Crippen LogP contribution in [0, 0.1) is 16.7 Å². The molecule has 0 aromatic carbocycles. The number of piperidine rings is 1. The number of nitrogens with two attached hydrogens (primary N) is 1. The first-order valence-electron chi connectivity index (χ1n) is 8.72. The smallest absolute Gasteiger partial charge is 0.0357 e. The van der Waals surface area contributed by atoms with Crippen molar-refractivity contribution < 1.29 is 0 Å². The quantitative estimate of drug-likeness (QED) is 0.845. The summed E-state index contributed by atoms with van der Waals surface area (Å²) in [5.74, 6) is 0.724. The zero-order valence-electron chi connectivity index (χ0n) is 14.5. The van der Waals surface area contributed by atoms with Crippen molar-refractivity contribution in [2.24, 2.45) is 22.5 Å². The molecular weight excluding hydrogens is 244 g/mol. The van der Waals surface area contributed by atoms with Crippen molar-refractivity contribution in [1.82, 2.24) is 4.90 Å². The predicted molar refractivity (Wildman–Crippen MR) is 87.8 cm³/mol. The van der Waals surface area contributed by atoms with Crippen LogP contribution in [0.2, 0.25) is 0 Å². The van der Waals surface area contributed by atoms with Crippen LogP contribution in [0.15, 0.2) is 0 Å². The van der Waals surface area contributed by atoms with Gasteiger partial charge >= 0.3 is 0 Å². The highest BCUT2D eigenvalue weighted by molar-refractivity contribution is 5.03. The lowest BCUT2D eigenvalue weighted by Crippen LogP contribution is -2.63. The topological polar surface area (TPSA) is 29.3 Å². The first kappa shape index (κ1) is 16.3. The van der Waals surface area contributed by atoms with Gasteiger partial charge in [0.05, 0.1) is 0 Å². The maximum atomic E-state index is 6.31. The summed E-state index contributed by atoms with van der Waals surface area (Å²) in [5, 5.41) is 0. The highest BCUT2D eigenvalue weighted by Gasteiger charge is 2.48. The summed E-state index contributed by atoms with van der Waals surface area (Å²) in [6.45, 7) is 15.5. The molecule has 2 aliphatic rings. The third-order valence-corrected chi connectivity index (χ3v) is 6.82. The second-order valence-corrected chi connectivity index (χ2v) is 8.73. The Morgan fingerprint density at radius 3 is 2.10 bits per heavy atom. The molecule has 0 spiro atoms. The summed E-state index contributed by atoms with van der Waals surface area (Å²) in [4.78, 5) is 2.77. The van der Waals surface area contributed by atoms with Gasteiger partial charge in [0.25, 0.3) is 0 Å². The molecule has 2 heteroatoms. The number of likely N-dealkylation sites (tertiary alicyclic amines) is 1. The lowest BCUT2D eigenvalue weighted by atomic mass is 9.62. The molecule has 1 saturated heterocycles. The van der Waals surface area contributed by atoms with Crippen LogP contribution >= 0.6 is 0 Å². The van der Waals surface area contributed by atoms with E-state index in [0.29, 0.717) is 10.8 Å². The summed E-state index contributed by atoms with van der Waals surface area (Å²) >= 11 is 0. The van der Waals surface area contributed by atoms with E-state index in [4.69, 9.17) is 5.73 Å². The molecule has 2 rings (SSSR count). The van der Waals surface area contributed by atoms with Crippen LogP contribution in [-0.2, 0) is 0 Å². The highest BCUT2D eigenvalue weighted by atomic mass is 15.2. The molecule has 0 aromatic rings. The van der Waals surface area contributed by atoms with E-state index in [0.717, 1.165) is 12.5 Å². The molecule has 2 nitrogen and oxygen atoms in total. The Balaban J connectivity index is 2.09. The monoisotopic (exact) mass is 280 g/mol. The highest BCUT2D eigenvalue weighted by Crippen LogP contribution is 2.48. The van der Waals surface area contributed by atoms with E-state index in [9.17, 15) is 0 Å². The summed E-state index contributed by atoms with van der Waals surface area (Å²) in [6, 6.07) is 0. The normalized spacial score (nSPS) is 37.8. The Morgan fingerprint density at radius 1 is 1.05 bits per heavy atom. The Hall–Kier alpha value is -0.0800. The average Bonchev–Trinajstić information content (AvgIpc) is 2.40. The van der Waals surface area contributed by atoms with Crippen molar-refractivity contribution in [3.8, 4) is 0 Å². The Labute approximate surface area is 126 Å². The van der Waals surface area contributed by atoms with Gasteiger partial charge in [-0.2, -0.15) is 0 Å². The molecule has 0 amide bonds. The zero-order valence-corrected chi connectivity index (χ0v) is 14.5. The molecule has 20 heavy (non-hydrogen) atoms. The molecule has 2 unspecified atom stereocenters. The van der Waals surface area contributed by atoms with Gasteiger partial charge in [-0.1, -0.05) is 41.0 Å². The molecule has 118 valence electrons. The largest absolute Gasteiger partial charge is 0.329 e. The third kappa shape index (κ3) is 2.92. The predicted octanol–water partition coefficient (Wildman–Crippen LogP) is 4.04. The fourth-order valence-electron chi connectivity index (χ4n) is 4.67. The zero-order chi connectivity index (χ0) is 15.0. The van der Waals surface area contributed by atoms with Crippen molar-refractivity contribution in [3.63, 3.8) is 0 Å². The van der Waals surface area contributed by atoms with Crippen molar-refractivity contribution in [3.05, 3.63) is 0 Å². The lowest BCUT2D eigenvalue weighted by Gasteiger charge is -2.56. The fraction of sp³-hybridized carbons (Fsp3) is 1.00. The van der Waals surface area contributed by atoms with E-state index < -0.39 is 0 Å². The van der Waals surface area contributed by atoms with Gasteiger partial charge in [-0.3, -0.25) is 4.90 Å². The van der Waals surface area contributed by atoms with Crippen LogP contribution in [0.3, 0.4) is 0 Å². The minimum atomic E-state index is 0.282. The van der Waals surface area contributed by atoms with Crippen molar-refractivity contribution in [2.75, 3.05) is 19.6 Å². The van der Waals surface area contributed by atoms with Gasteiger partial charge in [0.15, 0.2) is 0 Å². The third-order valence-electron chi connectivity index (χ3n) is 6.82. The van der Waals surface area contributed by atoms with Crippen molar-refractivity contribution in [2.45, 2.75) is 78.7 Å². The molecule has 0 aromatic heterocycles. The van der Waals surface area contributed by atoms with Crippen LogP contribution < -0.4 is 5.73 Å². The van der Waals surface area contributed by atoms with Gasteiger partial charge in [0.1, 0.15) is 0 Å². The van der Waals surface area contributed by atoms with Crippen LogP contribution in [-0.4, -0.2) is 30.1 Å². The molecule has 0 bridgehead atoms. The Morgan fingerprint density at radius 2 is 1.65 bits per heavy atom. The van der Waals surface area contributed by atoms with E-state index in [1.165, 1.54) is 51.6 Å². The van der Waals surface area contributed by atoms with Gasteiger partial charge in [0.2, 0.25) is 0 Å². The number of hydrogen-bond acceptors (Lipinski definition) is 2. The fourth-order valence-corrected chi connectivity index (χ4v) is 4.67. The summed E-state index contributed by atoms with van der Waals surface area (Å²) in [5.41, 5.74) is 7.67. The molecular formula is C18H36N2.